The molecule has 5 heteroatoms. The summed E-state index contributed by atoms with van der Waals surface area (Å²) in [6, 6.07) is 6.99. The highest BCUT2D eigenvalue weighted by atomic mass is 16.5. The molecule has 1 aromatic rings. The number of anilines is 1. The number of nitrogens with zero attached hydrogens (tertiary/aromatic N) is 1. The van der Waals surface area contributed by atoms with E-state index in [4.69, 9.17) is 4.74 Å². The summed E-state index contributed by atoms with van der Waals surface area (Å²) in [4.78, 5) is 13.7. The number of likely N-dealkylation sites (tertiary alicyclic amines) is 1. The highest BCUT2D eigenvalue weighted by Crippen LogP contribution is 2.20. The number of carbonyl (C=O) groups is 1. The van der Waals surface area contributed by atoms with Crippen LogP contribution in [0.4, 0.5) is 10.5 Å². The molecule has 1 atom stereocenters. The zero-order chi connectivity index (χ0) is 13.0. The number of carbonyl (C=O) groups excluding carboxylic acids is 1. The molecule has 1 aliphatic heterocycles. The van der Waals surface area contributed by atoms with Crippen molar-refractivity contribution in [3.05, 3.63) is 24.3 Å². The number of amides is 2. The quantitative estimate of drug-likeness (QED) is 0.858. The summed E-state index contributed by atoms with van der Waals surface area (Å²) < 4.78 is 5.10. The van der Waals surface area contributed by atoms with Crippen LogP contribution in [-0.2, 0) is 0 Å². The molecule has 2 N–H and O–H groups in total. The van der Waals surface area contributed by atoms with Gasteiger partial charge in [0.1, 0.15) is 5.75 Å². The summed E-state index contributed by atoms with van der Waals surface area (Å²) >= 11 is 0. The molecule has 2 rings (SSSR count). The Bertz CT molecular complexity index is 422. The molecular formula is C13H18N2O3. The number of rotatable bonds is 3. The fourth-order valence-corrected chi connectivity index (χ4v) is 2.19. The SMILES string of the molecule is COc1cccc(NC(=O)N2CCCC2CO)c1. The molecule has 1 aromatic carbocycles. The number of benzene rings is 1. The van der Waals surface area contributed by atoms with Crippen molar-refractivity contribution in [2.24, 2.45) is 0 Å². The first-order chi connectivity index (χ1) is 8.74. The lowest BCUT2D eigenvalue weighted by molar-refractivity contribution is 0.166. The van der Waals surface area contributed by atoms with Gasteiger partial charge < -0.3 is 20.1 Å². The molecule has 1 saturated heterocycles. The normalized spacial score (nSPS) is 18.8. The number of methoxy groups -OCH3 is 1. The second kappa shape index (κ2) is 5.73. The predicted octanol–water partition coefficient (Wildman–Crippen LogP) is 1.68. The zero-order valence-electron chi connectivity index (χ0n) is 10.4. The van der Waals surface area contributed by atoms with Gasteiger partial charge in [-0.3, -0.25) is 0 Å². The Hall–Kier alpha value is -1.75. The number of hydrogen-bond donors (Lipinski definition) is 2. The predicted molar refractivity (Wildman–Crippen MR) is 68.8 cm³/mol. The minimum atomic E-state index is -0.167. The smallest absolute Gasteiger partial charge is 0.322 e. The maximum Gasteiger partial charge on any atom is 0.322 e. The van der Waals surface area contributed by atoms with Crippen LogP contribution in [-0.4, -0.2) is 42.3 Å². The average molecular weight is 250 g/mol. The van der Waals surface area contributed by atoms with E-state index < -0.39 is 0 Å². The van der Waals surface area contributed by atoms with E-state index in [2.05, 4.69) is 5.32 Å². The standard InChI is InChI=1S/C13H18N2O3/c1-18-12-6-2-4-10(8-12)14-13(17)15-7-3-5-11(15)9-16/h2,4,6,8,11,16H,3,5,7,9H2,1H3,(H,14,17). The van der Waals surface area contributed by atoms with Crippen LogP contribution < -0.4 is 10.1 Å². The van der Waals surface area contributed by atoms with Crippen molar-refractivity contribution in [2.45, 2.75) is 18.9 Å². The third-order valence-corrected chi connectivity index (χ3v) is 3.17. The lowest BCUT2D eigenvalue weighted by atomic mass is 10.2. The van der Waals surface area contributed by atoms with Gasteiger partial charge in [-0.15, -0.1) is 0 Å². The molecule has 1 heterocycles. The van der Waals surface area contributed by atoms with Crippen LogP contribution in [0.2, 0.25) is 0 Å². The van der Waals surface area contributed by atoms with E-state index in [1.807, 2.05) is 18.2 Å². The number of ether oxygens (including phenoxy) is 1. The molecular weight excluding hydrogens is 232 g/mol. The van der Waals surface area contributed by atoms with Gasteiger partial charge in [-0.25, -0.2) is 4.79 Å². The van der Waals surface area contributed by atoms with Crippen LogP contribution in [0.15, 0.2) is 24.3 Å². The van der Waals surface area contributed by atoms with E-state index >= 15 is 0 Å². The van der Waals surface area contributed by atoms with Gasteiger partial charge in [-0.05, 0) is 25.0 Å². The summed E-state index contributed by atoms with van der Waals surface area (Å²) in [5.74, 6) is 0.702. The zero-order valence-corrected chi connectivity index (χ0v) is 10.4. The molecule has 0 aromatic heterocycles. The number of aliphatic hydroxyl groups excluding tert-OH is 1. The Morgan fingerprint density at radius 1 is 1.61 bits per heavy atom. The summed E-state index contributed by atoms with van der Waals surface area (Å²) in [6.45, 7) is 0.715. The van der Waals surface area contributed by atoms with E-state index in [9.17, 15) is 9.90 Å². The third-order valence-electron chi connectivity index (χ3n) is 3.17. The molecule has 5 nitrogen and oxygen atoms in total. The average Bonchev–Trinajstić information content (AvgIpc) is 2.87. The molecule has 0 spiro atoms. The maximum atomic E-state index is 12.0. The van der Waals surface area contributed by atoms with Gasteiger partial charge in [0.25, 0.3) is 0 Å². The molecule has 0 radical (unpaired) electrons. The number of urea groups is 1. The van der Waals surface area contributed by atoms with Crippen molar-refractivity contribution in [3.8, 4) is 5.75 Å². The van der Waals surface area contributed by atoms with Crippen LogP contribution in [0.1, 0.15) is 12.8 Å². The minimum absolute atomic E-state index is 0.0194. The Labute approximate surface area is 106 Å². The van der Waals surface area contributed by atoms with E-state index in [0.717, 1.165) is 12.8 Å². The molecule has 98 valence electrons. The fraction of sp³-hybridized carbons (Fsp3) is 0.462. The molecule has 0 bridgehead atoms. The van der Waals surface area contributed by atoms with Gasteiger partial charge in [-0.1, -0.05) is 6.07 Å². The van der Waals surface area contributed by atoms with Gasteiger partial charge in [-0.2, -0.15) is 0 Å². The maximum absolute atomic E-state index is 12.0. The Morgan fingerprint density at radius 2 is 2.44 bits per heavy atom. The largest absolute Gasteiger partial charge is 0.497 e. The second-order valence-electron chi connectivity index (χ2n) is 4.33. The van der Waals surface area contributed by atoms with Crippen LogP contribution in [0, 0.1) is 0 Å². The lowest BCUT2D eigenvalue weighted by Gasteiger charge is -2.23. The molecule has 18 heavy (non-hydrogen) atoms. The van der Waals surface area contributed by atoms with Gasteiger partial charge in [0.2, 0.25) is 0 Å². The Kier molecular flexibility index (Phi) is 4.04. The van der Waals surface area contributed by atoms with Crippen molar-refractivity contribution in [2.75, 3.05) is 25.6 Å². The monoisotopic (exact) mass is 250 g/mol. The molecule has 1 fully saturated rings. The van der Waals surface area contributed by atoms with Crippen LogP contribution in [0.5, 0.6) is 5.75 Å². The number of hydrogen-bond acceptors (Lipinski definition) is 3. The van der Waals surface area contributed by atoms with Crippen LogP contribution in [0.3, 0.4) is 0 Å². The summed E-state index contributed by atoms with van der Waals surface area (Å²) in [6.07, 6.45) is 1.80. The number of nitrogens with one attached hydrogen (secondary N) is 1. The highest BCUT2D eigenvalue weighted by Gasteiger charge is 2.27. The first-order valence-electron chi connectivity index (χ1n) is 6.07. The number of aliphatic hydroxyl groups is 1. The van der Waals surface area contributed by atoms with E-state index in [0.29, 0.717) is 18.0 Å². The second-order valence-corrected chi connectivity index (χ2v) is 4.33. The minimum Gasteiger partial charge on any atom is -0.497 e. The lowest BCUT2D eigenvalue weighted by Crippen LogP contribution is -2.40. The van der Waals surface area contributed by atoms with E-state index in [1.165, 1.54) is 0 Å². The van der Waals surface area contributed by atoms with Gasteiger partial charge in [0.05, 0.1) is 19.8 Å². The van der Waals surface area contributed by atoms with Crippen molar-refractivity contribution in [1.82, 2.24) is 4.90 Å². The van der Waals surface area contributed by atoms with Gasteiger partial charge >= 0.3 is 6.03 Å². The van der Waals surface area contributed by atoms with Crippen LogP contribution >= 0.6 is 0 Å². The van der Waals surface area contributed by atoms with Gasteiger partial charge in [0.15, 0.2) is 0 Å². The molecule has 0 saturated carbocycles. The molecule has 0 aliphatic carbocycles. The van der Waals surface area contributed by atoms with Crippen LogP contribution in [0.25, 0.3) is 0 Å². The van der Waals surface area contributed by atoms with Crippen molar-refractivity contribution in [1.29, 1.82) is 0 Å². The van der Waals surface area contributed by atoms with E-state index in [1.54, 1.807) is 18.1 Å². The topological polar surface area (TPSA) is 61.8 Å². The first-order valence-corrected chi connectivity index (χ1v) is 6.07. The molecule has 1 aliphatic rings. The third kappa shape index (κ3) is 2.73. The summed E-state index contributed by atoms with van der Waals surface area (Å²) in [7, 11) is 1.59. The Balaban J connectivity index is 2.02. The van der Waals surface area contributed by atoms with Crippen molar-refractivity contribution >= 4 is 11.7 Å². The van der Waals surface area contributed by atoms with E-state index in [-0.39, 0.29) is 18.7 Å². The summed E-state index contributed by atoms with van der Waals surface area (Å²) in [5.41, 5.74) is 0.697. The highest BCUT2D eigenvalue weighted by molar-refractivity contribution is 5.89. The van der Waals surface area contributed by atoms with Crippen molar-refractivity contribution in [3.63, 3.8) is 0 Å². The first kappa shape index (κ1) is 12.7. The van der Waals surface area contributed by atoms with Gasteiger partial charge in [0, 0.05) is 18.3 Å². The molecule has 1 unspecified atom stereocenters. The molecule has 2 amide bonds. The fourth-order valence-electron chi connectivity index (χ4n) is 2.19. The Morgan fingerprint density at radius 3 is 3.17 bits per heavy atom. The summed E-state index contributed by atoms with van der Waals surface area (Å²) in [5, 5.41) is 12.0. The van der Waals surface area contributed by atoms with Crippen molar-refractivity contribution < 1.29 is 14.6 Å².